The van der Waals surface area contributed by atoms with Gasteiger partial charge >= 0.3 is 0 Å². The van der Waals surface area contributed by atoms with Crippen LogP contribution in [0.3, 0.4) is 0 Å². The zero-order valence-corrected chi connectivity index (χ0v) is 21.0. The predicted octanol–water partition coefficient (Wildman–Crippen LogP) is 5.10. The van der Waals surface area contributed by atoms with Gasteiger partial charge in [0.1, 0.15) is 5.82 Å². The van der Waals surface area contributed by atoms with Crippen LogP contribution < -0.4 is 15.5 Å². The van der Waals surface area contributed by atoms with Gasteiger partial charge in [0.2, 0.25) is 11.9 Å². The lowest BCUT2D eigenvalue weighted by molar-refractivity contribution is -0.111. The summed E-state index contributed by atoms with van der Waals surface area (Å²) in [5.74, 6) is -0.507. The first-order valence-corrected chi connectivity index (χ1v) is 12.1. The van der Waals surface area contributed by atoms with E-state index in [1.54, 1.807) is 42.7 Å². The van der Waals surface area contributed by atoms with Crippen LogP contribution in [0.15, 0.2) is 67.5 Å². The van der Waals surface area contributed by atoms with Crippen LogP contribution in [0.25, 0.3) is 22.2 Å². The highest BCUT2D eigenvalue weighted by Crippen LogP contribution is 2.35. The summed E-state index contributed by atoms with van der Waals surface area (Å²) in [6.45, 7) is 7.06. The van der Waals surface area contributed by atoms with Gasteiger partial charge in [-0.3, -0.25) is 9.78 Å². The van der Waals surface area contributed by atoms with E-state index in [4.69, 9.17) is 11.6 Å². The van der Waals surface area contributed by atoms with Crippen LogP contribution in [0.2, 0.25) is 5.02 Å². The largest absolute Gasteiger partial charge is 0.369 e. The van der Waals surface area contributed by atoms with E-state index < -0.39 is 5.82 Å². The van der Waals surface area contributed by atoms with Gasteiger partial charge in [0.15, 0.2) is 0 Å². The lowest BCUT2D eigenvalue weighted by atomic mass is 10.1. The van der Waals surface area contributed by atoms with Crippen LogP contribution in [0.5, 0.6) is 0 Å². The SMILES string of the molecule is C=CC(=O)Nc1ccnc(-c2c(Cl)ccc3cnc(Nc4ccc(N5CCN(C)CC5)cc4F)nc23)c1. The molecule has 4 aromatic rings. The number of rotatable bonds is 6. The third-order valence-electron chi connectivity index (χ3n) is 6.24. The average Bonchev–Trinajstić information content (AvgIpc) is 2.90. The van der Waals surface area contributed by atoms with E-state index in [1.807, 2.05) is 6.07 Å². The maximum Gasteiger partial charge on any atom is 0.247 e. The van der Waals surface area contributed by atoms with Gasteiger partial charge in [-0.05, 0) is 55.6 Å². The Morgan fingerprint density at radius 2 is 1.92 bits per heavy atom. The van der Waals surface area contributed by atoms with Crippen LogP contribution in [0.1, 0.15) is 0 Å². The molecule has 10 heteroatoms. The van der Waals surface area contributed by atoms with E-state index in [0.717, 1.165) is 37.3 Å². The van der Waals surface area contributed by atoms with Crippen LogP contribution in [0.4, 0.5) is 27.4 Å². The summed E-state index contributed by atoms with van der Waals surface area (Å²) in [7, 11) is 2.08. The third-order valence-corrected chi connectivity index (χ3v) is 6.55. The molecule has 0 bridgehead atoms. The Morgan fingerprint density at radius 1 is 1.11 bits per heavy atom. The number of amides is 1. The fourth-order valence-electron chi connectivity index (χ4n) is 4.20. The number of anilines is 4. The Bertz CT molecular complexity index is 1490. The number of hydrogen-bond acceptors (Lipinski definition) is 7. The van der Waals surface area contributed by atoms with Gasteiger partial charge in [-0.1, -0.05) is 18.2 Å². The van der Waals surface area contributed by atoms with Crippen molar-refractivity contribution >= 4 is 51.4 Å². The number of carbonyl (C=O) groups is 1. The number of halogens is 2. The van der Waals surface area contributed by atoms with E-state index in [-0.39, 0.29) is 17.5 Å². The molecule has 8 nitrogen and oxygen atoms in total. The molecule has 2 N–H and O–H groups in total. The van der Waals surface area contributed by atoms with Crippen molar-refractivity contribution in [1.82, 2.24) is 19.9 Å². The molecule has 0 radical (unpaired) electrons. The second kappa shape index (κ2) is 10.5. The fourth-order valence-corrected chi connectivity index (χ4v) is 4.45. The number of nitrogens with zero attached hydrogens (tertiary/aromatic N) is 5. The van der Waals surface area contributed by atoms with E-state index in [0.29, 0.717) is 27.5 Å². The van der Waals surface area contributed by atoms with E-state index in [1.165, 1.54) is 12.1 Å². The number of benzene rings is 2. The summed E-state index contributed by atoms with van der Waals surface area (Å²) in [5, 5.41) is 6.87. The number of piperazine rings is 1. The highest BCUT2D eigenvalue weighted by Gasteiger charge is 2.17. The maximum absolute atomic E-state index is 15.0. The normalized spacial score (nSPS) is 14.0. The second-order valence-electron chi connectivity index (χ2n) is 8.76. The van der Waals surface area contributed by atoms with E-state index in [9.17, 15) is 4.79 Å². The van der Waals surface area contributed by atoms with Crippen LogP contribution in [-0.4, -0.2) is 59.0 Å². The zero-order chi connectivity index (χ0) is 25.9. The van der Waals surface area contributed by atoms with Crippen LogP contribution in [-0.2, 0) is 4.79 Å². The molecule has 188 valence electrons. The lowest BCUT2D eigenvalue weighted by Crippen LogP contribution is -2.44. The molecular weight excluding hydrogens is 493 g/mol. The van der Waals surface area contributed by atoms with Crippen molar-refractivity contribution in [1.29, 1.82) is 0 Å². The van der Waals surface area contributed by atoms with Gasteiger partial charge in [0.05, 0.1) is 21.9 Å². The van der Waals surface area contributed by atoms with Crippen molar-refractivity contribution in [2.75, 3.05) is 48.8 Å². The minimum absolute atomic E-state index is 0.221. The van der Waals surface area contributed by atoms with Gasteiger partial charge in [-0.15, -0.1) is 0 Å². The average molecular weight is 518 g/mol. The Labute approximate surface area is 218 Å². The monoisotopic (exact) mass is 517 g/mol. The summed E-state index contributed by atoms with van der Waals surface area (Å²) < 4.78 is 15.0. The first kappa shape index (κ1) is 24.6. The summed E-state index contributed by atoms with van der Waals surface area (Å²) in [5.41, 5.74) is 3.29. The third kappa shape index (κ3) is 5.37. The second-order valence-corrected chi connectivity index (χ2v) is 9.16. The van der Waals surface area contributed by atoms with Gasteiger partial charge in [-0.25, -0.2) is 14.4 Å². The quantitative estimate of drug-likeness (QED) is 0.344. The molecule has 2 aromatic carbocycles. The Balaban J connectivity index is 1.46. The minimum Gasteiger partial charge on any atom is -0.369 e. The number of fused-ring (bicyclic) bond motifs is 1. The Hall–Kier alpha value is -4.08. The van der Waals surface area contributed by atoms with E-state index in [2.05, 4.69) is 49.0 Å². The van der Waals surface area contributed by atoms with Gasteiger partial charge in [0, 0.05) is 60.9 Å². The molecule has 3 heterocycles. The van der Waals surface area contributed by atoms with Crippen LogP contribution in [0, 0.1) is 5.82 Å². The highest BCUT2D eigenvalue weighted by atomic mass is 35.5. The molecule has 0 spiro atoms. The van der Waals surface area contributed by atoms with Crippen molar-refractivity contribution in [3.05, 3.63) is 78.4 Å². The molecular formula is C27H25ClFN7O. The summed E-state index contributed by atoms with van der Waals surface area (Å²) in [6.07, 6.45) is 4.40. The molecule has 0 unspecified atom stereocenters. The number of carbonyl (C=O) groups excluding carboxylic acids is 1. The lowest BCUT2D eigenvalue weighted by Gasteiger charge is -2.34. The molecule has 0 atom stereocenters. The molecule has 0 saturated carbocycles. The molecule has 0 aliphatic carbocycles. The Morgan fingerprint density at radius 3 is 2.68 bits per heavy atom. The number of hydrogen-bond donors (Lipinski definition) is 2. The van der Waals surface area contributed by atoms with Gasteiger partial charge in [0.25, 0.3) is 0 Å². The van der Waals surface area contributed by atoms with Crippen molar-refractivity contribution in [3.8, 4) is 11.3 Å². The Kier molecular flexibility index (Phi) is 6.98. The first-order chi connectivity index (χ1) is 17.9. The maximum atomic E-state index is 15.0. The number of aromatic nitrogens is 3. The highest BCUT2D eigenvalue weighted by molar-refractivity contribution is 6.34. The smallest absolute Gasteiger partial charge is 0.247 e. The van der Waals surface area contributed by atoms with Crippen LogP contribution >= 0.6 is 11.6 Å². The topological polar surface area (TPSA) is 86.3 Å². The summed E-state index contributed by atoms with van der Waals surface area (Å²) in [4.78, 5) is 29.6. The number of nitrogens with one attached hydrogen (secondary N) is 2. The molecule has 1 saturated heterocycles. The predicted molar refractivity (Wildman–Crippen MR) is 146 cm³/mol. The van der Waals surface area contributed by atoms with Gasteiger partial charge < -0.3 is 20.4 Å². The summed E-state index contributed by atoms with van der Waals surface area (Å²) >= 11 is 6.57. The molecule has 1 fully saturated rings. The molecule has 1 amide bonds. The molecule has 5 rings (SSSR count). The first-order valence-electron chi connectivity index (χ1n) is 11.8. The van der Waals surface area contributed by atoms with Gasteiger partial charge in [-0.2, -0.15) is 0 Å². The molecule has 1 aliphatic heterocycles. The minimum atomic E-state index is -0.390. The standard InChI is InChI=1S/C27H25ClFN7O/c1-3-24(37)32-18-8-9-30-23(14-18)25-20(28)6-4-17-16-31-27(34-26(17)25)33-22-7-5-19(15-21(22)29)36-12-10-35(2)11-13-36/h3-9,14-16H,1,10-13H2,2H3,(H,30,32,37)(H,31,33,34). The molecule has 37 heavy (non-hydrogen) atoms. The van der Waals surface area contributed by atoms with Crippen molar-refractivity contribution in [2.24, 2.45) is 0 Å². The molecule has 1 aliphatic rings. The fraction of sp³-hybridized carbons (Fsp3) is 0.185. The van der Waals surface area contributed by atoms with E-state index >= 15 is 4.39 Å². The molecule has 2 aromatic heterocycles. The van der Waals surface area contributed by atoms with Crippen molar-refractivity contribution < 1.29 is 9.18 Å². The van der Waals surface area contributed by atoms with Crippen molar-refractivity contribution in [2.45, 2.75) is 0 Å². The number of likely N-dealkylation sites (N-methyl/N-ethyl adjacent to an activating group) is 1. The summed E-state index contributed by atoms with van der Waals surface area (Å²) in [6, 6.07) is 12.0. The zero-order valence-electron chi connectivity index (χ0n) is 20.2. The number of pyridine rings is 1. The van der Waals surface area contributed by atoms with Crippen molar-refractivity contribution in [3.63, 3.8) is 0 Å².